The van der Waals surface area contributed by atoms with Gasteiger partial charge in [0.05, 0.1) is 25.9 Å². The fraction of sp³-hybridized carbons (Fsp3) is 1.00. The maximum Gasteiger partial charge on any atom is 0.194 e. The summed E-state index contributed by atoms with van der Waals surface area (Å²) in [4.78, 5) is 0. The fourth-order valence-electron chi connectivity index (χ4n) is 4.26. The van der Waals surface area contributed by atoms with Crippen LogP contribution in [0.2, 0.25) is 0 Å². The molecule has 0 aromatic rings. The van der Waals surface area contributed by atoms with Crippen molar-refractivity contribution in [3.8, 4) is 0 Å². The van der Waals surface area contributed by atoms with Crippen LogP contribution >= 0.6 is 0 Å². The maximum absolute atomic E-state index is 6.54. The third kappa shape index (κ3) is 4.11. The van der Waals surface area contributed by atoms with E-state index in [2.05, 4.69) is 6.92 Å². The van der Waals surface area contributed by atoms with Gasteiger partial charge in [0, 0.05) is 20.0 Å². The lowest BCUT2D eigenvalue weighted by atomic mass is 9.85. The van der Waals surface area contributed by atoms with Crippen molar-refractivity contribution in [2.24, 2.45) is 5.92 Å². The van der Waals surface area contributed by atoms with Crippen molar-refractivity contribution in [3.63, 3.8) is 0 Å². The molecule has 3 aliphatic heterocycles. The Labute approximate surface area is 145 Å². The van der Waals surface area contributed by atoms with E-state index in [4.69, 9.17) is 28.4 Å². The van der Waals surface area contributed by atoms with E-state index in [-0.39, 0.29) is 19.0 Å². The van der Waals surface area contributed by atoms with Crippen LogP contribution in [0.4, 0.5) is 0 Å². The Morgan fingerprint density at radius 3 is 2.62 bits per heavy atom. The molecule has 0 aliphatic carbocycles. The lowest BCUT2D eigenvalue weighted by molar-refractivity contribution is -0.338. The Hall–Kier alpha value is -0.240. The van der Waals surface area contributed by atoms with E-state index in [1.165, 1.54) is 6.42 Å². The van der Waals surface area contributed by atoms with Crippen LogP contribution in [-0.4, -0.2) is 57.5 Å². The summed E-state index contributed by atoms with van der Waals surface area (Å²) in [5.41, 5.74) is 0. The van der Waals surface area contributed by atoms with E-state index in [1.54, 1.807) is 7.11 Å². The molecule has 140 valence electrons. The second-order valence-corrected chi connectivity index (χ2v) is 7.48. The van der Waals surface area contributed by atoms with Gasteiger partial charge in [0.25, 0.3) is 0 Å². The van der Waals surface area contributed by atoms with Crippen LogP contribution in [-0.2, 0) is 28.4 Å². The van der Waals surface area contributed by atoms with Gasteiger partial charge in [-0.15, -0.1) is 0 Å². The zero-order chi connectivity index (χ0) is 17.0. The molecule has 3 aliphatic rings. The lowest BCUT2D eigenvalue weighted by Gasteiger charge is -2.47. The van der Waals surface area contributed by atoms with E-state index >= 15 is 0 Å². The number of hydrogen-bond acceptors (Lipinski definition) is 6. The molecule has 6 heteroatoms. The van der Waals surface area contributed by atoms with E-state index < -0.39 is 11.6 Å². The second kappa shape index (κ2) is 7.98. The van der Waals surface area contributed by atoms with Crippen molar-refractivity contribution >= 4 is 0 Å². The molecular formula is C18H32O6. The van der Waals surface area contributed by atoms with Gasteiger partial charge in [-0.2, -0.15) is 0 Å². The summed E-state index contributed by atoms with van der Waals surface area (Å²) in [5.74, 6) is -0.783. The first-order valence-corrected chi connectivity index (χ1v) is 9.27. The zero-order valence-corrected chi connectivity index (χ0v) is 15.3. The standard InChI is InChI=1S/C18H32O6/c1-14-11-15(24-18(12-14)7-5-4-6-8-23-18)16(20-13-19-3)17(2)21-9-10-22-17/h14-16H,4-13H2,1-3H3/t14-,15+,16+,18+/m1/s1. The topological polar surface area (TPSA) is 55.4 Å². The van der Waals surface area contributed by atoms with Gasteiger partial charge in [-0.3, -0.25) is 0 Å². The molecule has 0 bridgehead atoms. The number of ether oxygens (including phenoxy) is 6. The summed E-state index contributed by atoms with van der Waals surface area (Å²) in [6.07, 6.45) is 5.78. The molecule has 3 rings (SSSR count). The molecule has 3 heterocycles. The summed E-state index contributed by atoms with van der Waals surface area (Å²) in [5, 5.41) is 0. The van der Waals surface area contributed by atoms with Crippen LogP contribution < -0.4 is 0 Å². The Morgan fingerprint density at radius 2 is 1.88 bits per heavy atom. The van der Waals surface area contributed by atoms with E-state index in [0.717, 1.165) is 38.7 Å². The number of hydrogen-bond donors (Lipinski definition) is 0. The molecule has 3 saturated heterocycles. The highest BCUT2D eigenvalue weighted by atomic mass is 16.8. The highest BCUT2D eigenvalue weighted by Gasteiger charge is 2.51. The average molecular weight is 344 g/mol. The minimum atomic E-state index is -0.799. The van der Waals surface area contributed by atoms with Crippen LogP contribution in [0, 0.1) is 5.92 Å². The normalized spacial score (nSPS) is 38.1. The minimum Gasteiger partial charge on any atom is -0.359 e. The van der Waals surface area contributed by atoms with Crippen molar-refractivity contribution in [1.82, 2.24) is 0 Å². The first-order valence-electron chi connectivity index (χ1n) is 9.27. The van der Waals surface area contributed by atoms with E-state index in [9.17, 15) is 0 Å². The molecular weight excluding hydrogens is 312 g/mol. The zero-order valence-electron chi connectivity index (χ0n) is 15.3. The summed E-state index contributed by atoms with van der Waals surface area (Å²) in [6.45, 7) is 6.31. The molecule has 0 saturated carbocycles. The molecule has 0 N–H and O–H groups in total. The Kier molecular flexibility index (Phi) is 6.16. The minimum absolute atomic E-state index is 0.134. The molecule has 24 heavy (non-hydrogen) atoms. The highest BCUT2D eigenvalue weighted by Crippen LogP contribution is 2.42. The maximum atomic E-state index is 6.54. The van der Waals surface area contributed by atoms with Crippen molar-refractivity contribution < 1.29 is 28.4 Å². The van der Waals surface area contributed by atoms with Crippen LogP contribution in [0.1, 0.15) is 52.4 Å². The molecule has 0 aromatic carbocycles. The lowest BCUT2D eigenvalue weighted by Crippen LogP contribution is -2.57. The van der Waals surface area contributed by atoms with Crippen molar-refractivity contribution in [3.05, 3.63) is 0 Å². The molecule has 3 fully saturated rings. The number of rotatable bonds is 5. The quantitative estimate of drug-likeness (QED) is 0.715. The summed E-state index contributed by atoms with van der Waals surface area (Å²) in [6, 6.07) is 0. The van der Waals surface area contributed by atoms with Gasteiger partial charge in [0.1, 0.15) is 12.9 Å². The van der Waals surface area contributed by atoms with Crippen molar-refractivity contribution in [2.45, 2.75) is 76.2 Å². The Morgan fingerprint density at radius 1 is 1.08 bits per heavy atom. The summed E-state index contributed by atoms with van der Waals surface area (Å²) in [7, 11) is 1.62. The third-order valence-corrected chi connectivity index (χ3v) is 5.31. The van der Waals surface area contributed by atoms with Gasteiger partial charge < -0.3 is 28.4 Å². The first kappa shape index (κ1) is 18.5. The molecule has 0 amide bonds. The molecule has 4 atom stereocenters. The largest absolute Gasteiger partial charge is 0.359 e. The van der Waals surface area contributed by atoms with Crippen molar-refractivity contribution in [2.75, 3.05) is 33.7 Å². The predicted octanol–water partition coefficient (Wildman–Crippen LogP) is 2.84. The van der Waals surface area contributed by atoms with E-state index in [0.29, 0.717) is 19.1 Å². The average Bonchev–Trinajstić information content (AvgIpc) is 2.86. The summed E-state index contributed by atoms with van der Waals surface area (Å²) >= 11 is 0. The highest BCUT2D eigenvalue weighted by molar-refractivity contribution is 4.92. The Balaban J connectivity index is 1.77. The van der Waals surface area contributed by atoms with Gasteiger partial charge in [-0.1, -0.05) is 13.3 Å². The smallest absolute Gasteiger partial charge is 0.194 e. The molecule has 6 nitrogen and oxygen atoms in total. The molecule has 0 unspecified atom stereocenters. The predicted molar refractivity (Wildman–Crippen MR) is 87.5 cm³/mol. The van der Waals surface area contributed by atoms with Crippen molar-refractivity contribution in [1.29, 1.82) is 0 Å². The van der Waals surface area contributed by atoms with Gasteiger partial charge in [-0.05, 0) is 32.1 Å². The van der Waals surface area contributed by atoms with Gasteiger partial charge in [-0.25, -0.2) is 0 Å². The monoisotopic (exact) mass is 344 g/mol. The van der Waals surface area contributed by atoms with Gasteiger partial charge in [0.2, 0.25) is 0 Å². The van der Waals surface area contributed by atoms with Gasteiger partial charge in [0.15, 0.2) is 11.6 Å². The molecule has 0 aromatic heterocycles. The van der Waals surface area contributed by atoms with Crippen LogP contribution in [0.5, 0.6) is 0 Å². The van der Waals surface area contributed by atoms with E-state index in [1.807, 2.05) is 6.92 Å². The molecule has 1 spiro atoms. The SMILES string of the molecule is COCO[C@@H]([C@@H]1C[C@@H](C)C[C@]2(CCCCCO2)O1)C1(C)OCCO1. The second-order valence-electron chi connectivity index (χ2n) is 7.48. The summed E-state index contributed by atoms with van der Waals surface area (Å²) < 4.78 is 35.6. The van der Waals surface area contributed by atoms with Crippen LogP contribution in [0.3, 0.4) is 0 Å². The number of methoxy groups -OCH3 is 1. The Bertz CT molecular complexity index is 387. The fourth-order valence-corrected chi connectivity index (χ4v) is 4.26. The van der Waals surface area contributed by atoms with Gasteiger partial charge >= 0.3 is 0 Å². The first-order chi connectivity index (χ1) is 11.6. The third-order valence-electron chi connectivity index (χ3n) is 5.31. The van der Waals surface area contributed by atoms with Crippen LogP contribution in [0.15, 0.2) is 0 Å². The van der Waals surface area contributed by atoms with Crippen LogP contribution in [0.25, 0.3) is 0 Å². The molecule has 0 radical (unpaired) electrons.